The lowest BCUT2D eigenvalue weighted by Crippen LogP contribution is -2.52. The Hall–Kier alpha value is -3.77. The highest BCUT2D eigenvalue weighted by Gasteiger charge is 2.37. The summed E-state index contributed by atoms with van der Waals surface area (Å²) < 4.78 is 0. The molecule has 2 heterocycles. The molecule has 3 N–H and O–H groups in total. The fourth-order valence-electron chi connectivity index (χ4n) is 4.39. The van der Waals surface area contributed by atoms with Crippen molar-refractivity contribution in [2.24, 2.45) is 10.7 Å². The molecule has 3 aromatic rings. The second-order valence-corrected chi connectivity index (χ2v) is 8.10. The number of hydrogen-bond donors (Lipinski definition) is 2. The van der Waals surface area contributed by atoms with Crippen LogP contribution in [0, 0.1) is 0 Å². The van der Waals surface area contributed by atoms with Gasteiger partial charge in [0, 0.05) is 17.7 Å². The molecule has 0 spiro atoms. The third kappa shape index (κ3) is 3.69. The second kappa shape index (κ2) is 8.40. The number of hydrogen-bond acceptors (Lipinski definition) is 4. The Kier molecular flexibility index (Phi) is 5.29. The summed E-state index contributed by atoms with van der Waals surface area (Å²) in [4.78, 5) is 32.9. The van der Waals surface area contributed by atoms with Crippen LogP contribution >= 0.6 is 0 Å². The van der Waals surface area contributed by atoms with Gasteiger partial charge in [0.15, 0.2) is 0 Å². The molecule has 2 amide bonds. The summed E-state index contributed by atoms with van der Waals surface area (Å²) in [5.41, 5.74) is 11.7. The van der Waals surface area contributed by atoms with Crippen molar-refractivity contribution in [2.45, 2.75) is 25.0 Å². The SMILES string of the molecule is N[C@@H](Cc1ccccc1)C(=O)NC1N=C(c2ccccc2)c2cccc3c2N(CC3)C1=O. The van der Waals surface area contributed by atoms with Gasteiger partial charge in [-0.3, -0.25) is 9.59 Å². The van der Waals surface area contributed by atoms with Crippen molar-refractivity contribution in [1.29, 1.82) is 0 Å². The number of carbonyl (C=O) groups is 2. The Morgan fingerprint density at radius 2 is 1.75 bits per heavy atom. The van der Waals surface area contributed by atoms with E-state index in [0.717, 1.165) is 34.4 Å². The van der Waals surface area contributed by atoms with E-state index in [1.165, 1.54) is 0 Å². The summed E-state index contributed by atoms with van der Waals surface area (Å²) in [6.45, 7) is 0.575. The van der Waals surface area contributed by atoms with Crippen molar-refractivity contribution in [2.75, 3.05) is 11.4 Å². The van der Waals surface area contributed by atoms with Gasteiger partial charge in [0.25, 0.3) is 5.91 Å². The molecule has 0 fully saturated rings. The topological polar surface area (TPSA) is 87.8 Å². The van der Waals surface area contributed by atoms with E-state index in [4.69, 9.17) is 10.7 Å². The van der Waals surface area contributed by atoms with E-state index < -0.39 is 18.1 Å². The highest BCUT2D eigenvalue weighted by Crippen LogP contribution is 2.36. The molecule has 6 nitrogen and oxygen atoms in total. The third-order valence-electron chi connectivity index (χ3n) is 5.97. The number of carbonyl (C=O) groups excluding carboxylic acids is 2. The molecule has 0 aromatic heterocycles. The third-order valence-corrected chi connectivity index (χ3v) is 5.97. The number of aliphatic imine (C=N–C) groups is 1. The van der Waals surface area contributed by atoms with Gasteiger partial charge in [0.05, 0.1) is 17.4 Å². The van der Waals surface area contributed by atoms with E-state index in [0.29, 0.717) is 18.7 Å². The largest absolute Gasteiger partial charge is 0.325 e. The number of para-hydroxylation sites is 1. The standard InChI is InChI=1S/C26H24N4O2/c27-21(16-17-8-3-1-4-9-17)25(31)29-24-26(32)30-15-14-19-12-7-13-20(23(19)30)22(28-24)18-10-5-2-6-11-18/h1-13,21,24H,14-16,27H2,(H,29,31)/t21-,24?/m0/s1. The lowest BCUT2D eigenvalue weighted by molar-refractivity contribution is -0.128. The van der Waals surface area contributed by atoms with Crippen molar-refractivity contribution in [3.63, 3.8) is 0 Å². The number of nitrogens with two attached hydrogens (primary N) is 1. The first-order chi connectivity index (χ1) is 15.6. The molecule has 2 atom stereocenters. The van der Waals surface area contributed by atoms with E-state index in [-0.39, 0.29) is 5.91 Å². The van der Waals surface area contributed by atoms with Crippen molar-refractivity contribution in [1.82, 2.24) is 5.32 Å². The minimum absolute atomic E-state index is 0.234. The van der Waals surface area contributed by atoms with E-state index >= 15 is 0 Å². The molecule has 0 radical (unpaired) electrons. The normalized spacial score (nSPS) is 17.9. The van der Waals surface area contributed by atoms with Crippen LogP contribution in [-0.2, 0) is 22.4 Å². The minimum atomic E-state index is -1.03. The van der Waals surface area contributed by atoms with Crippen LogP contribution < -0.4 is 16.0 Å². The van der Waals surface area contributed by atoms with Gasteiger partial charge >= 0.3 is 0 Å². The van der Waals surface area contributed by atoms with E-state index in [1.54, 1.807) is 4.90 Å². The fraction of sp³-hybridized carbons (Fsp3) is 0.192. The van der Waals surface area contributed by atoms with E-state index in [2.05, 4.69) is 5.32 Å². The van der Waals surface area contributed by atoms with Gasteiger partial charge < -0.3 is 16.0 Å². The van der Waals surface area contributed by atoms with E-state index in [1.807, 2.05) is 78.9 Å². The average Bonchev–Trinajstić information content (AvgIpc) is 3.22. The maximum atomic E-state index is 13.4. The zero-order valence-electron chi connectivity index (χ0n) is 17.6. The first-order valence-electron chi connectivity index (χ1n) is 10.8. The maximum absolute atomic E-state index is 13.4. The lowest BCUT2D eigenvalue weighted by atomic mass is 9.98. The molecule has 32 heavy (non-hydrogen) atoms. The Labute approximate surface area is 186 Å². The van der Waals surface area contributed by atoms with Gasteiger partial charge in [-0.25, -0.2) is 4.99 Å². The van der Waals surface area contributed by atoms with Crippen LogP contribution in [0.5, 0.6) is 0 Å². The van der Waals surface area contributed by atoms with Crippen molar-refractivity contribution in [3.8, 4) is 0 Å². The average molecular weight is 425 g/mol. The predicted molar refractivity (Wildman–Crippen MR) is 125 cm³/mol. The van der Waals surface area contributed by atoms with Gasteiger partial charge in [-0.05, 0) is 24.0 Å². The van der Waals surface area contributed by atoms with Crippen LogP contribution in [0.1, 0.15) is 22.3 Å². The molecular weight excluding hydrogens is 400 g/mol. The van der Waals surface area contributed by atoms with Gasteiger partial charge in [-0.2, -0.15) is 0 Å². The summed E-state index contributed by atoms with van der Waals surface area (Å²) in [6, 6.07) is 24.6. The first kappa shape index (κ1) is 20.2. The molecule has 2 aliphatic heterocycles. The highest BCUT2D eigenvalue weighted by atomic mass is 16.2. The second-order valence-electron chi connectivity index (χ2n) is 8.10. The molecule has 160 valence electrons. The molecular formula is C26H24N4O2. The van der Waals surface area contributed by atoms with Crippen LogP contribution in [0.15, 0.2) is 83.9 Å². The van der Waals surface area contributed by atoms with Gasteiger partial charge in [-0.15, -0.1) is 0 Å². The molecule has 0 saturated carbocycles. The number of nitrogens with zero attached hydrogens (tertiary/aromatic N) is 2. The molecule has 3 aromatic carbocycles. The lowest BCUT2D eigenvalue weighted by Gasteiger charge is -2.22. The molecule has 1 unspecified atom stereocenters. The summed E-state index contributed by atoms with van der Waals surface area (Å²) >= 11 is 0. The Bertz CT molecular complexity index is 1190. The maximum Gasteiger partial charge on any atom is 0.272 e. The summed E-state index contributed by atoms with van der Waals surface area (Å²) in [7, 11) is 0. The van der Waals surface area contributed by atoms with Gasteiger partial charge in [0.2, 0.25) is 12.1 Å². The van der Waals surface area contributed by atoms with Crippen molar-refractivity contribution in [3.05, 3.63) is 101 Å². The van der Waals surface area contributed by atoms with Gasteiger partial charge in [-0.1, -0.05) is 78.9 Å². The van der Waals surface area contributed by atoms with Crippen LogP contribution in [0.4, 0.5) is 5.69 Å². The fourth-order valence-corrected chi connectivity index (χ4v) is 4.39. The smallest absolute Gasteiger partial charge is 0.272 e. The minimum Gasteiger partial charge on any atom is -0.325 e. The van der Waals surface area contributed by atoms with Crippen LogP contribution in [-0.4, -0.2) is 36.3 Å². The highest BCUT2D eigenvalue weighted by molar-refractivity contribution is 6.21. The molecule has 6 heteroatoms. The van der Waals surface area contributed by atoms with Crippen LogP contribution in [0.25, 0.3) is 0 Å². The van der Waals surface area contributed by atoms with Crippen molar-refractivity contribution >= 4 is 23.2 Å². The number of benzene rings is 3. The van der Waals surface area contributed by atoms with Crippen LogP contribution in [0.3, 0.4) is 0 Å². The van der Waals surface area contributed by atoms with Crippen LogP contribution in [0.2, 0.25) is 0 Å². The number of amides is 2. The Balaban J connectivity index is 1.49. The molecule has 2 aliphatic rings. The zero-order chi connectivity index (χ0) is 22.1. The Morgan fingerprint density at radius 3 is 2.50 bits per heavy atom. The molecule has 5 rings (SSSR count). The number of anilines is 1. The summed E-state index contributed by atoms with van der Waals surface area (Å²) in [5.74, 6) is -0.629. The quantitative estimate of drug-likeness (QED) is 0.660. The predicted octanol–water partition coefficient (Wildman–Crippen LogP) is 2.44. The summed E-state index contributed by atoms with van der Waals surface area (Å²) in [5, 5.41) is 2.81. The van der Waals surface area contributed by atoms with E-state index in [9.17, 15) is 9.59 Å². The first-order valence-corrected chi connectivity index (χ1v) is 10.8. The number of nitrogens with one attached hydrogen (secondary N) is 1. The molecule has 0 saturated heterocycles. The Morgan fingerprint density at radius 1 is 1.03 bits per heavy atom. The monoisotopic (exact) mass is 424 g/mol. The summed E-state index contributed by atoms with van der Waals surface area (Å²) in [6.07, 6.45) is 0.139. The van der Waals surface area contributed by atoms with Gasteiger partial charge in [0.1, 0.15) is 0 Å². The molecule has 0 aliphatic carbocycles. The van der Waals surface area contributed by atoms with Crippen molar-refractivity contribution < 1.29 is 9.59 Å². The number of rotatable bonds is 5. The zero-order valence-corrected chi connectivity index (χ0v) is 17.6. The molecule has 0 bridgehead atoms.